The number of carbonyl (C=O) groups excluding carboxylic acids is 4. The Morgan fingerprint density at radius 1 is 1.32 bits per heavy atom. The van der Waals surface area contributed by atoms with E-state index in [0.29, 0.717) is 17.9 Å². The number of nitrogens with two attached hydrogens (primary N) is 1. The third-order valence-corrected chi connectivity index (χ3v) is 6.58. The van der Waals surface area contributed by atoms with Gasteiger partial charge >= 0.3 is 12.0 Å². The molecule has 4 rings (SSSR count). The molecule has 2 aliphatic rings. The number of imide groups is 1. The molecule has 2 aromatic rings. The highest BCUT2D eigenvalue weighted by Crippen LogP contribution is 2.45. The lowest BCUT2D eigenvalue weighted by Gasteiger charge is -2.36. The number of rotatable bonds is 7. The van der Waals surface area contributed by atoms with Crippen molar-refractivity contribution in [2.24, 2.45) is 5.73 Å². The van der Waals surface area contributed by atoms with Crippen molar-refractivity contribution in [3.8, 4) is 5.75 Å². The smallest absolute Gasteiger partial charge is 0.328 e. The number of amides is 5. The number of ether oxygens (including phenoxy) is 1. The molecule has 34 heavy (non-hydrogen) atoms. The maximum absolute atomic E-state index is 13.6. The summed E-state index contributed by atoms with van der Waals surface area (Å²) in [5.41, 5.74) is 5.92. The lowest BCUT2D eigenvalue weighted by atomic mass is 9.87. The number of carboxylic acids is 1. The minimum Gasteiger partial charge on any atom is -0.497 e. The summed E-state index contributed by atoms with van der Waals surface area (Å²) in [4.78, 5) is 67.7. The van der Waals surface area contributed by atoms with Crippen molar-refractivity contribution in [2.45, 2.75) is 44.3 Å². The first kappa shape index (κ1) is 23.1. The largest absolute Gasteiger partial charge is 0.497 e. The number of benzene rings is 1. The van der Waals surface area contributed by atoms with Gasteiger partial charge in [0.25, 0.3) is 5.91 Å². The predicted octanol–water partition coefficient (Wildman–Crippen LogP) is 0.0453. The van der Waals surface area contributed by atoms with Crippen LogP contribution < -0.4 is 15.8 Å². The second kappa shape index (κ2) is 8.04. The fraction of sp³-hybridized carbons (Fsp3) is 0.409. The van der Waals surface area contributed by atoms with Crippen LogP contribution in [-0.2, 0) is 31.1 Å². The van der Waals surface area contributed by atoms with Gasteiger partial charge in [-0.25, -0.2) is 14.5 Å². The number of aliphatic carboxylic acids is 1. The molecule has 5 N–H and O–H groups in total. The van der Waals surface area contributed by atoms with Crippen LogP contribution in [0.15, 0.2) is 18.2 Å². The summed E-state index contributed by atoms with van der Waals surface area (Å²) in [6, 6.07) is 1.94. The molecule has 12 nitrogen and oxygen atoms in total. The maximum atomic E-state index is 13.6. The van der Waals surface area contributed by atoms with Gasteiger partial charge in [-0.3, -0.25) is 14.4 Å². The number of aromatic nitrogens is 1. The van der Waals surface area contributed by atoms with E-state index in [2.05, 4.69) is 10.3 Å². The zero-order valence-corrected chi connectivity index (χ0v) is 18.9. The third-order valence-electron chi connectivity index (χ3n) is 6.58. The molecule has 180 valence electrons. The number of carbonyl (C=O) groups is 5. The highest BCUT2D eigenvalue weighted by atomic mass is 16.5. The summed E-state index contributed by atoms with van der Waals surface area (Å²) in [6.45, 7) is 3.20. The number of nitrogens with one attached hydrogen (secondary N) is 2. The van der Waals surface area contributed by atoms with Gasteiger partial charge in [-0.2, -0.15) is 0 Å². The van der Waals surface area contributed by atoms with E-state index in [9.17, 15) is 29.1 Å². The van der Waals surface area contributed by atoms with E-state index in [1.165, 1.54) is 11.8 Å². The third kappa shape index (κ3) is 3.33. The zero-order valence-electron chi connectivity index (χ0n) is 18.9. The van der Waals surface area contributed by atoms with E-state index in [0.717, 1.165) is 21.4 Å². The Hall–Kier alpha value is -4.09. The lowest BCUT2D eigenvalue weighted by molar-refractivity contribution is -0.144. The van der Waals surface area contributed by atoms with Crippen LogP contribution in [0.4, 0.5) is 4.79 Å². The fourth-order valence-electron chi connectivity index (χ4n) is 4.72. The average molecular weight is 471 g/mol. The van der Waals surface area contributed by atoms with E-state index in [1.807, 2.05) is 12.1 Å². The number of carboxylic acid groups (broad SMARTS) is 1. The highest BCUT2D eigenvalue weighted by molar-refractivity contribution is 6.11. The van der Waals surface area contributed by atoms with Crippen LogP contribution in [0.2, 0.25) is 0 Å². The molecule has 0 radical (unpaired) electrons. The SMILES string of the molecule is COc1ccc2[nH]c3c(c2c1)CCN1C(=O)N([C@@H](C)C(=O)N[C@@H](CC(N)=O)C(=O)O)C(=O)[C@]31C. The van der Waals surface area contributed by atoms with Crippen LogP contribution in [0.1, 0.15) is 31.5 Å². The van der Waals surface area contributed by atoms with Crippen molar-refractivity contribution in [3.63, 3.8) is 0 Å². The van der Waals surface area contributed by atoms with Gasteiger partial charge in [0.15, 0.2) is 5.54 Å². The number of primary amides is 1. The maximum Gasteiger partial charge on any atom is 0.328 e. The van der Waals surface area contributed by atoms with E-state index < -0.39 is 53.8 Å². The number of aromatic amines is 1. The van der Waals surface area contributed by atoms with Crippen molar-refractivity contribution >= 4 is 40.6 Å². The van der Waals surface area contributed by atoms with Gasteiger partial charge in [0.05, 0.1) is 19.2 Å². The quantitative estimate of drug-likeness (QED) is 0.412. The molecule has 0 bridgehead atoms. The summed E-state index contributed by atoms with van der Waals surface area (Å²) in [6.07, 6.45) is -0.132. The Morgan fingerprint density at radius 3 is 2.65 bits per heavy atom. The van der Waals surface area contributed by atoms with Gasteiger partial charge in [-0.1, -0.05) is 0 Å². The van der Waals surface area contributed by atoms with Gasteiger partial charge in [-0.15, -0.1) is 0 Å². The summed E-state index contributed by atoms with van der Waals surface area (Å²) < 4.78 is 5.31. The summed E-state index contributed by atoms with van der Waals surface area (Å²) >= 11 is 0. The van der Waals surface area contributed by atoms with Gasteiger partial charge in [0, 0.05) is 17.4 Å². The fourth-order valence-corrected chi connectivity index (χ4v) is 4.72. The van der Waals surface area contributed by atoms with Crippen molar-refractivity contribution < 1.29 is 33.8 Å². The molecule has 0 spiro atoms. The zero-order chi connectivity index (χ0) is 24.9. The van der Waals surface area contributed by atoms with Crippen molar-refractivity contribution in [1.29, 1.82) is 0 Å². The molecule has 0 unspecified atom stereocenters. The van der Waals surface area contributed by atoms with Crippen LogP contribution in [-0.4, -0.2) is 75.4 Å². The first-order valence-corrected chi connectivity index (χ1v) is 10.7. The Bertz CT molecular complexity index is 1240. The van der Waals surface area contributed by atoms with E-state index in [4.69, 9.17) is 10.5 Å². The predicted molar refractivity (Wildman–Crippen MR) is 118 cm³/mol. The van der Waals surface area contributed by atoms with Crippen molar-refractivity contribution in [2.75, 3.05) is 13.7 Å². The normalized spacial score (nSPS) is 21.1. The van der Waals surface area contributed by atoms with E-state index in [1.54, 1.807) is 20.1 Å². The second-order valence-electron chi connectivity index (χ2n) is 8.57. The van der Waals surface area contributed by atoms with Gasteiger partial charge in [0.1, 0.15) is 17.8 Å². The first-order chi connectivity index (χ1) is 16.0. The number of hydrogen-bond acceptors (Lipinski definition) is 6. The van der Waals surface area contributed by atoms with Gasteiger partial charge in [-0.05, 0) is 44.0 Å². The molecule has 1 aromatic heterocycles. The monoisotopic (exact) mass is 471 g/mol. The number of fused-ring (bicyclic) bond motifs is 5. The number of H-pyrrole nitrogens is 1. The Kier molecular flexibility index (Phi) is 5.46. The van der Waals surface area contributed by atoms with Crippen LogP contribution in [0, 0.1) is 0 Å². The second-order valence-corrected chi connectivity index (χ2v) is 8.57. The van der Waals surface area contributed by atoms with Gasteiger partial charge < -0.3 is 30.8 Å². The molecule has 1 saturated heterocycles. The van der Waals surface area contributed by atoms with Gasteiger partial charge in [0.2, 0.25) is 11.8 Å². The minimum atomic E-state index is -1.58. The molecule has 3 heterocycles. The Balaban J connectivity index is 1.67. The first-order valence-electron chi connectivity index (χ1n) is 10.7. The molecule has 5 amide bonds. The summed E-state index contributed by atoms with van der Waals surface area (Å²) in [5, 5.41) is 12.3. The van der Waals surface area contributed by atoms with E-state index in [-0.39, 0.29) is 6.54 Å². The van der Waals surface area contributed by atoms with Crippen molar-refractivity contribution in [3.05, 3.63) is 29.5 Å². The Labute approximate surface area is 194 Å². The molecule has 0 aliphatic carbocycles. The number of nitrogens with zero attached hydrogens (tertiary/aromatic N) is 2. The highest BCUT2D eigenvalue weighted by Gasteiger charge is 2.60. The molecule has 3 atom stereocenters. The molecule has 2 aliphatic heterocycles. The van der Waals surface area contributed by atoms with Crippen molar-refractivity contribution in [1.82, 2.24) is 20.1 Å². The van der Waals surface area contributed by atoms with Crippen LogP contribution in [0.5, 0.6) is 5.75 Å². The number of urea groups is 1. The minimum absolute atomic E-state index is 0.252. The molecule has 12 heteroatoms. The summed E-state index contributed by atoms with van der Waals surface area (Å²) in [7, 11) is 1.56. The molecular formula is C22H25N5O7. The standard InChI is InChI=1S/C22H25N5O7/c1-10(18(29)25-15(19(30)31)9-16(23)28)27-20(32)22(2)17-12(6-7-26(22)21(27)33)13-8-11(34-3)4-5-14(13)24-17/h4-5,8,10,15,24H,6-7,9H2,1-3H3,(H2,23,28)(H,25,29)(H,30,31)/t10-,15-,22-/m0/s1. The molecular weight excluding hydrogens is 446 g/mol. The molecule has 0 saturated carbocycles. The Morgan fingerprint density at radius 2 is 2.03 bits per heavy atom. The number of hydrogen-bond donors (Lipinski definition) is 4. The van der Waals surface area contributed by atoms with E-state index >= 15 is 0 Å². The molecule has 1 fully saturated rings. The lowest BCUT2D eigenvalue weighted by Crippen LogP contribution is -2.53. The molecule has 1 aromatic carbocycles. The topological polar surface area (TPSA) is 175 Å². The summed E-state index contributed by atoms with van der Waals surface area (Å²) in [5.74, 6) is -3.21. The van der Waals surface area contributed by atoms with Crippen LogP contribution >= 0.6 is 0 Å². The van der Waals surface area contributed by atoms with Crippen LogP contribution in [0.3, 0.4) is 0 Å². The van der Waals surface area contributed by atoms with Crippen LogP contribution in [0.25, 0.3) is 10.9 Å². The average Bonchev–Trinajstić information content (AvgIpc) is 3.25. The number of methoxy groups -OCH3 is 1.